The van der Waals surface area contributed by atoms with Crippen LogP contribution in [0.4, 0.5) is 0 Å². The van der Waals surface area contributed by atoms with E-state index in [-0.39, 0.29) is 30.3 Å². The van der Waals surface area contributed by atoms with Gasteiger partial charge < -0.3 is 11.1 Å². The molecule has 3 N–H and O–H groups in total. The smallest absolute Gasteiger partial charge is 0.227 e. The van der Waals surface area contributed by atoms with Gasteiger partial charge in [0.2, 0.25) is 5.91 Å². The monoisotopic (exact) mass is 316 g/mol. The first-order valence-corrected chi connectivity index (χ1v) is 7.25. The zero-order valence-electron chi connectivity index (χ0n) is 11.6. The molecular formula is C15H22Cl2N2O. The molecule has 5 heteroatoms. The summed E-state index contributed by atoms with van der Waals surface area (Å²) in [6, 6.07) is 7.71. The van der Waals surface area contributed by atoms with Gasteiger partial charge in [0.1, 0.15) is 0 Å². The van der Waals surface area contributed by atoms with E-state index in [4.69, 9.17) is 17.3 Å². The minimum absolute atomic E-state index is 0. The van der Waals surface area contributed by atoms with E-state index >= 15 is 0 Å². The molecule has 112 valence electrons. The average Bonchev–Trinajstić information content (AvgIpc) is 2.85. The molecule has 2 rings (SSSR count). The van der Waals surface area contributed by atoms with Gasteiger partial charge in [-0.3, -0.25) is 4.79 Å². The minimum atomic E-state index is -0.183. The van der Waals surface area contributed by atoms with Gasteiger partial charge in [-0.2, -0.15) is 0 Å². The maximum Gasteiger partial charge on any atom is 0.227 e. The summed E-state index contributed by atoms with van der Waals surface area (Å²) < 4.78 is 0. The van der Waals surface area contributed by atoms with Crippen LogP contribution in [-0.2, 0) is 4.79 Å². The Hall–Kier alpha value is -0.770. The maximum atomic E-state index is 12.3. The van der Waals surface area contributed by atoms with Crippen LogP contribution in [0.25, 0.3) is 0 Å². The van der Waals surface area contributed by atoms with E-state index in [1.54, 1.807) is 0 Å². The fraction of sp³-hybridized carbons (Fsp3) is 0.533. The second-order valence-electron chi connectivity index (χ2n) is 5.32. The first-order chi connectivity index (χ1) is 9.11. The molecule has 0 radical (unpaired) electrons. The van der Waals surface area contributed by atoms with Gasteiger partial charge >= 0.3 is 0 Å². The van der Waals surface area contributed by atoms with Crippen LogP contribution >= 0.6 is 24.0 Å². The number of nitrogens with two attached hydrogens (primary N) is 1. The normalized spacial score (nSPS) is 22.9. The summed E-state index contributed by atoms with van der Waals surface area (Å²) in [6.45, 7) is 2.56. The number of amides is 1. The molecule has 1 aliphatic carbocycles. The molecule has 0 heterocycles. The van der Waals surface area contributed by atoms with Gasteiger partial charge in [-0.05, 0) is 49.9 Å². The summed E-state index contributed by atoms with van der Waals surface area (Å²) in [5.74, 6) is 0.306. The molecule has 0 bridgehead atoms. The topological polar surface area (TPSA) is 55.1 Å². The molecule has 0 aromatic heterocycles. The number of nitrogens with one attached hydrogen (secondary N) is 1. The van der Waals surface area contributed by atoms with Crippen molar-refractivity contribution in [1.29, 1.82) is 0 Å². The van der Waals surface area contributed by atoms with Crippen LogP contribution in [0, 0.1) is 5.92 Å². The minimum Gasteiger partial charge on any atom is -0.353 e. The summed E-state index contributed by atoms with van der Waals surface area (Å²) in [6.07, 6.45) is 3.31. The Labute approximate surface area is 131 Å². The Morgan fingerprint density at radius 3 is 2.90 bits per heavy atom. The lowest BCUT2D eigenvalue weighted by Gasteiger charge is -2.22. The Bertz CT molecular complexity index is 453. The number of halogens is 2. The van der Waals surface area contributed by atoms with Crippen LogP contribution in [-0.4, -0.2) is 18.5 Å². The highest BCUT2D eigenvalue weighted by Gasteiger charge is 2.28. The molecule has 1 aliphatic rings. The number of benzene rings is 1. The number of hydrogen-bond donors (Lipinski definition) is 2. The third kappa shape index (κ3) is 4.11. The van der Waals surface area contributed by atoms with Gasteiger partial charge in [0.05, 0.1) is 5.92 Å². The Morgan fingerprint density at radius 2 is 2.25 bits per heavy atom. The van der Waals surface area contributed by atoms with Crippen molar-refractivity contribution in [3.05, 3.63) is 34.9 Å². The van der Waals surface area contributed by atoms with E-state index in [2.05, 4.69) is 5.32 Å². The zero-order valence-corrected chi connectivity index (χ0v) is 13.2. The van der Waals surface area contributed by atoms with E-state index in [0.29, 0.717) is 17.5 Å². The lowest BCUT2D eigenvalue weighted by molar-refractivity contribution is -0.123. The van der Waals surface area contributed by atoms with Crippen molar-refractivity contribution in [2.75, 3.05) is 6.54 Å². The molecule has 0 aliphatic heterocycles. The first kappa shape index (κ1) is 17.3. The van der Waals surface area contributed by atoms with Crippen LogP contribution in [0.2, 0.25) is 5.02 Å². The number of carbonyl (C=O) groups excluding carboxylic acids is 1. The molecule has 20 heavy (non-hydrogen) atoms. The molecule has 3 atom stereocenters. The molecule has 1 saturated carbocycles. The van der Waals surface area contributed by atoms with E-state index in [1.165, 1.54) is 0 Å². The molecule has 1 aromatic carbocycles. The third-order valence-electron chi connectivity index (χ3n) is 4.03. The molecule has 0 saturated heterocycles. The molecule has 1 amide bonds. The van der Waals surface area contributed by atoms with Crippen molar-refractivity contribution in [2.24, 2.45) is 11.7 Å². The second-order valence-corrected chi connectivity index (χ2v) is 5.75. The average molecular weight is 317 g/mol. The second kappa shape index (κ2) is 7.87. The lowest BCUT2D eigenvalue weighted by Crippen LogP contribution is -2.41. The van der Waals surface area contributed by atoms with E-state index in [9.17, 15) is 4.79 Å². The number of hydrogen-bond acceptors (Lipinski definition) is 2. The highest BCUT2D eigenvalue weighted by atomic mass is 35.5. The summed E-state index contributed by atoms with van der Waals surface area (Å²) in [5.41, 5.74) is 6.69. The molecule has 1 aromatic rings. The van der Waals surface area contributed by atoms with Crippen LogP contribution in [0.15, 0.2) is 24.3 Å². The molecule has 3 unspecified atom stereocenters. The van der Waals surface area contributed by atoms with Gasteiger partial charge in [0.25, 0.3) is 0 Å². The van der Waals surface area contributed by atoms with Crippen LogP contribution in [0.3, 0.4) is 0 Å². The predicted octanol–water partition coefficient (Wildman–Crippen LogP) is 3.11. The highest BCUT2D eigenvalue weighted by molar-refractivity contribution is 6.30. The van der Waals surface area contributed by atoms with Crippen LogP contribution in [0.1, 0.15) is 37.7 Å². The lowest BCUT2D eigenvalue weighted by atomic mass is 9.98. The SMILES string of the molecule is CC(C(=O)NC1CCCC1CN)c1cccc(Cl)c1.Cl. The molecule has 0 spiro atoms. The summed E-state index contributed by atoms with van der Waals surface area (Å²) in [4.78, 5) is 12.3. The molecule has 3 nitrogen and oxygen atoms in total. The van der Waals surface area contributed by atoms with Gasteiger partial charge in [0, 0.05) is 11.1 Å². The van der Waals surface area contributed by atoms with Gasteiger partial charge in [-0.15, -0.1) is 12.4 Å². The van der Waals surface area contributed by atoms with Gasteiger partial charge in [-0.25, -0.2) is 0 Å². The van der Waals surface area contributed by atoms with Crippen molar-refractivity contribution in [1.82, 2.24) is 5.32 Å². The van der Waals surface area contributed by atoms with Crippen molar-refractivity contribution in [3.8, 4) is 0 Å². The quantitative estimate of drug-likeness (QED) is 0.896. The largest absolute Gasteiger partial charge is 0.353 e. The standard InChI is InChI=1S/C15H21ClN2O.ClH/c1-10(11-4-2-6-13(16)8-11)15(19)18-14-7-3-5-12(14)9-17;/h2,4,6,8,10,12,14H,3,5,7,9,17H2,1H3,(H,18,19);1H. The van der Waals surface area contributed by atoms with Crippen molar-refractivity contribution in [3.63, 3.8) is 0 Å². The van der Waals surface area contributed by atoms with Crippen molar-refractivity contribution >= 4 is 29.9 Å². The van der Waals surface area contributed by atoms with Crippen molar-refractivity contribution in [2.45, 2.75) is 38.1 Å². The summed E-state index contributed by atoms with van der Waals surface area (Å²) in [7, 11) is 0. The van der Waals surface area contributed by atoms with E-state index < -0.39 is 0 Å². The Morgan fingerprint density at radius 1 is 1.50 bits per heavy atom. The highest BCUT2D eigenvalue weighted by Crippen LogP contribution is 2.26. The number of carbonyl (C=O) groups is 1. The van der Waals surface area contributed by atoms with Gasteiger partial charge in [0.15, 0.2) is 0 Å². The fourth-order valence-corrected chi connectivity index (χ4v) is 2.94. The van der Waals surface area contributed by atoms with Crippen molar-refractivity contribution < 1.29 is 4.79 Å². The zero-order chi connectivity index (χ0) is 13.8. The molecule has 1 fully saturated rings. The summed E-state index contributed by atoms with van der Waals surface area (Å²) >= 11 is 5.96. The first-order valence-electron chi connectivity index (χ1n) is 6.87. The summed E-state index contributed by atoms with van der Waals surface area (Å²) in [5, 5.41) is 3.80. The van der Waals surface area contributed by atoms with Crippen LogP contribution < -0.4 is 11.1 Å². The van der Waals surface area contributed by atoms with Gasteiger partial charge in [-0.1, -0.05) is 30.2 Å². The van der Waals surface area contributed by atoms with E-state index in [0.717, 1.165) is 24.8 Å². The Balaban J connectivity index is 0.00000200. The molecular weight excluding hydrogens is 295 g/mol. The van der Waals surface area contributed by atoms with Crippen LogP contribution in [0.5, 0.6) is 0 Å². The predicted molar refractivity (Wildman–Crippen MR) is 85.4 cm³/mol. The number of rotatable bonds is 4. The van der Waals surface area contributed by atoms with E-state index in [1.807, 2.05) is 31.2 Å². The Kier molecular flexibility index (Phi) is 6.80. The maximum absolute atomic E-state index is 12.3. The third-order valence-corrected chi connectivity index (χ3v) is 4.27. The fourth-order valence-electron chi connectivity index (χ4n) is 2.74.